The second-order valence-corrected chi connectivity index (χ2v) is 10.5. The minimum absolute atomic E-state index is 0.103. The van der Waals surface area contributed by atoms with Crippen LogP contribution in [0.2, 0.25) is 0 Å². The smallest absolute Gasteiger partial charge is 0.338 e. The van der Waals surface area contributed by atoms with Gasteiger partial charge in [-0.25, -0.2) is 9.79 Å². The van der Waals surface area contributed by atoms with Crippen LogP contribution in [0.3, 0.4) is 0 Å². The Morgan fingerprint density at radius 2 is 1.83 bits per heavy atom. The molecule has 0 saturated heterocycles. The molecule has 11 heteroatoms. The molecule has 41 heavy (non-hydrogen) atoms. The molecule has 0 unspecified atom stereocenters. The lowest BCUT2D eigenvalue weighted by atomic mass is 9.95. The summed E-state index contributed by atoms with van der Waals surface area (Å²) >= 11 is 4.83. The molecule has 0 fully saturated rings. The number of carbonyl (C=O) groups is 1. The van der Waals surface area contributed by atoms with Gasteiger partial charge >= 0.3 is 5.97 Å². The first kappa shape index (κ1) is 30.0. The molecule has 0 aliphatic carbocycles. The minimum Gasteiger partial charge on any atom is -0.493 e. The maximum atomic E-state index is 14.0. The van der Waals surface area contributed by atoms with Gasteiger partial charge in [-0.3, -0.25) is 9.36 Å². The normalized spacial score (nSPS) is 14.6. The van der Waals surface area contributed by atoms with Gasteiger partial charge in [0.05, 0.1) is 49.3 Å². The van der Waals surface area contributed by atoms with Gasteiger partial charge in [0.2, 0.25) is 0 Å². The van der Waals surface area contributed by atoms with Crippen LogP contribution < -0.4 is 33.8 Å². The Bertz CT molecular complexity index is 1730. The van der Waals surface area contributed by atoms with Gasteiger partial charge in [-0.1, -0.05) is 39.3 Å². The van der Waals surface area contributed by atoms with E-state index in [0.29, 0.717) is 54.7 Å². The van der Waals surface area contributed by atoms with Crippen molar-refractivity contribution >= 4 is 39.3 Å². The van der Waals surface area contributed by atoms with Crippen LogP contribution in [0.25, 0.3) is 6.08 Å². The quantitative estimate of drug-likeness (QED) is 0.244. The number of aromatic nitrogens is 1. The highest BCUT2D eigenvalue weighted by molar-refractivity contribution is 9.10. The van der Waals surface area contributed by atoms with Crippen molar-refractivity contribution in [2.75, 3.05) is 34.0 Å². The number of benzene rings is 2. The van der Waals surface area contributed by atoms with Gasteiger partial charge in [-0.15, -0.1) is 6.42 Å². The molecule has 1 atom stereocenters. The summed E-state index contributed by atoms with van der Waals surface area (Å²) in [6.07, 6.45) is 7.08. The van der Waals surface area contributed by atoms with Crippen molar-refractivity contribution in [1.82, 2.24) is 4.57 Å². The van der Waals surface area contributed by atoms with E-state index >= 15 is 0 Å². The van der Waals surface area contributed by atoms with Crippen LogP contribution in [0.15, 0.2) is 55.9 Å². The number of carbonyl (C=O) groups excluding carboxylic acids is 1. The summed E-state index contributed by atoms with van der Waals surface area (Å²) < 4.78 is 30.2. The lowest BCUT2D eigenvalue weighted by Crippen LogP contribution is -2.40. The molecule has 9 nitrogen and oxygen atoms in total. The third-order valence-corrected chi connectivity index (χ3v) is 7.86. The maximum absolute atomic E-state index is 14.0. The summed E-state index contributed by atoms with van der Waals surface area (Å²) in [6.45, 7) is 6.02. The van der Waals surface area contributed by atoms with E-state index in [-0.39, 0.29) is 24.3 Å². The third kappa shape index (κ3) is 6.04. The number of halogens is 1. The molecule has 0 spiro atoms. The van der Waals surface area contributed by atoms with E-state index in [2.05, 4.69) is 26.8 Å². The van der Waals surface area contributed by atoms with Crippen molar-refractivity contribution < 1.29 is 28.5 Å². The average Bonchev–Trinajstić information content (AvgIpc) is 3.25. The van der Waals surface area contributed by atoms with Gasteiger partial charge in [0, 0.05) is 4.47 Å². The van der Waals surface area contributed by atoms with Crippen molar-refractivity contribution in [3.05, 3.63) is 76.9 Å². The predicted molar refractivity (Wildman–Crippen MR) is 160 cm³/mol. The van der Waals surface area contributed by atoms with E-state index in [4.69, 9.17) is 30.1 Å². The molecular weight excluding hydrogens is 612 g/mol. The second-order valence-electron chi connectivity index (χ2n) is 8.66. The molecule has 2 aromatic carbocycles. The average molecular weight is 642 g/mol. The highest BCUT2D eigenvalue weighted by Crippen LogP contribution is 2.40. The first-order valence-corrected chi connectivity index (χ1v) is 14.3. The summed E-state index contributed by atoms with van der Waals surface area (Å²) in [5.41, 5.74) is 1.72. The van der Waals surface area contributed by atoms with Crippen LogP contribution in [0.5, 0.6) is 23.0 Å². The number of terminal acetylenes is 1. The van der Waals surface area contributed by atoms with E-state index < -0.39 is 12.0 Å². The number of allylic oxidation sites excluding steroid dienone is 1. The van der Waals surface area contributed by atoms with Crippen LogP contribution in [-0.4, -0.2) is 44.6 Å². The van der Waals surface area contributed by atoms with Crippen LogP contribution in [0, 0.1) is 12.3 Å². The van der Waals surface area contributed by atoms with Crippen molar-refractivity contribution in [3.8, 4) is 35.3 Å². The van der Waals surface area contributed by atoms with Gasteiger partial charge in [-0.2, -0.15) is 0 Å². The van der Waals surface area contributed by atoms with Crippen LogP contribution in [-0.2, 0) is 9.53 Å². The molecule has 1 aliphatic heterocycles. The fourth-order valence-corrected chi connectivity index (χ4v) is 6.02. The molecule has 0 radical (unpaired) electrons. The summed E-state index contributed by atoms with van der Waals surface area (Å²) in [5.74, 6) is 3.84. The fourth-order valence-electron chi connectivity index (χ4n) is 4.44. The fraction of sp³-hybridized carbons (Fsp3) is 0.300. The Kier molecular flexibility index (Phi) is 9.57. The van der Waals surface area contributed by atoms with Crippen LogP contribution >= 0.6 is 27.3 Å². The molecule has 3 aromatic rings. The third-order valence-electron chi connectivity index (χ3n) is 6.19. The zero-order chi connectivity index (χ0) is 29.7. The summed E-state index contributed by atoms with van der Waals surface area (Å²) in [6, 6.07) is 7.99. The molecule has 1 aromatic heterocycles. The van der Waals surface area contributed by atoms with Crippen molar-refractivity contribution in [1.29, 1.82) is 0 Å². The highest BCUT2D eigenvalue weighted by Gasteiger charge is 2.35. The zero-order valence-corrected chi connectivity index (χ0v) is 25.7. The van der Waals surface area contributed by atoms with Crippen molar-refractivity contribution in [2.24, 2.45) is 4.99 Å². The molecule has 0 N–H and O–H groups in total. The van der Waals surface area contributed by atoms with Crippen LogP contribution in [0.1, 0.15) is 37.9 Å². The maximum Gasteiger partial charge on any atom is 0.338 e. The molecule has 0 bridgehead atoms. The summed E-state index contributed by atoms with van der Waals surface area (Å²) in [7, 11) is 3.06. The zero-order valence-electron chi connectivity index (χ0n) is 23.3. The summed E-state index contributed by atoms with van der Waals surface area (Å²) in [4.78, 5) is 32.3. The second kappa shape index (κ2) is 13.1. The van der Waals surface area contributed by atoms with E-state index in [9.17, 15) is 9.59 Å². The van der Waals surface area contributed by atoms with E-state index in [1.165, 1.54) is 30.1 Å². The van der Waals surface area contributed by atoms with Crippen molar-refractivity contribution in [3.63, 3.8) is 0 Å². The number of methoxy groups -OCH3 is 2. The van der Waals surface area contributed by atoms with E-state index in [1.807, 2.05) is 13.0 Å². The van der Waals surface area contributed by atoms with Crippen molar-refractivity contribution in [2.45, 2.75) is 26.8 Å². The number of thiazole rings is 1. The first-order chi connectivity index (χ1) is 19.8. The number of fused-ring (bicyclic) bond motifs is 1. The Labute approximate surface area is 249 Å². The van der Waals surface area contributed by atoms with Gasteiger partial charge in [0.15, 0.2) is 27.8 Å². The highest BCUT2D eigenvalue weighted by atomic mass is 79.9. The largest absolute Gasteiger partial charge is 0.493 e. The molecular formula is C30H29BrN2O7S. The number of hydrogen-bond donors (Lipinski definition) is 0. The Morgan fingerprint density at radius 1 is 1.10 bits per heavy atom. The number of ether oxygens (including phenoxy) is 5. The SMILES string of the molecule is C#CCOc1ccc(/C=c2\sc3n(c2=O)[C@@H](c2cc(OC)c(OC)cc2Br)C(C(=O)OCC)=C(C)N=3)cc1OCC. The lowest BCUT2D eigenvalue weighted by molar-refractivity contribution is -0.139. The number of nitrogens with zero attached hydrogens (tertiary/aromatic N) is 2. The molecule has 2 heterocycles. The summed E-state index contributed by atoms with van der Waals surface area (Å²) in [5, 5.41) is 0. The molecule has 1 aliphatic rings. The molecule has 0 saturated carbocycles. The molecule has 0 amide bonds. The van der Waals surface area contributed by atoms with Gasteiger partial charge < -0.3 is 23.7 Å². The number of esters is 1. The Morgan fingerprint density at radius 3 is 2.49 bits per heavy atom. The first-order valence-electron chi connectivity index (χ1n) is 12.7. The van der Waals surface area contributed by atoms with Gasteiger partial charge in [-0.05, 0) is 62.2 Å². The van der Waals surface area contributed by atoms with Crippen LogP contribution in [0.4, 0.5) is 0 Å². The van der Waals surface area contributed by atoms with E-state index in [0.717, 1.165) is 5.56 Å². The molecule has 214 valence electrons. The van der Waals surface area contributed by atoms with Gasteiger partial charge in [0.1, 0.15) is 6.61 Å². The Balaban J connectivity index is 1.94. The Hall–Kier alpha value is -4.01. The topological polar surface area (TPSA) is 97.6 Å². The lowest BCUT2D eigenvalue weighted by Gasteiger charge is -2.26. The molecule has 4 rings (SSSR count). The number of rotatable bonds is 10. The number of hydrogen-bond acceptors (Lipinski definition) is 9. The standard InChI is InChI=1S/C30H29BrN2O7S/c1-7-12-40-21-11-10-18(13-24(21)38-8-2)14-25-28(34)33-27(19-15-22(36-5)23(37-6)16-20(19)31)26(29(35)39-9-3)17(4)32-30(33)41-25/h1,10-11,13-16,27H,8-9,12H2,2-6H3/b25-14-/t27-/m0/s1. The monoisotopic (exact) mass is 640 g/mol. The minimum atomic E-state index is -0.833. The predicted octanol–water partition coefficient (Wildman–Crippen LogP) is 3.99. The van der Waals surface area contributed by atoms with E-state index in [1.54, 1.807) is 44.2 Å². The van der Waals surface area contributed by atoms with Gasteiger partial charge in [0.25, 0.3) is 5.56 Å².